The molecule has 4 nitrogen and oxygen atoms in total. The number of aryl methyl sites for hydroxylation is 1. The molecule has 0 spiro atoms. The van der Waals surface area contributed by atoms with Crippen molar-refractivity contribution in [3.05, 3.63) is 63.0 Å². The van der Waals surface area contributed by atoms with E-state index in [-0.39, 0.29) is 5.71 Å². The van der Waals surface area contributed by atoms with E-state index in [1.165, 1.54) is 6.07 Å². The third-order valence-corrected chi connectivity index (χ3v) is 4.33. The van der Waals surface area contributed by atoms with Gasteiger partial charge in [-0.1, -0.05) is 18.2 Å². The standard InChI is InChI=1S/C17H12FIN2O2/c1-9-2-7-12(8-13(9)18)20-15-14(16(22)21-17(15)23)10-3-5-11(19)6-4-10/h2-8,14H,1H3,(H,21,22,23). The van der Waals surface area contributed by atoms with Crippen molar-refractivity contribution in [1.82, 2.24) is 5.32 Å². The van der Waals surface area contributed by atoms with Crippen LogP contribution in [0.1, 0.15) is 17.0 Å². The fourth-order valence-corrected chi connectivity index (χ4v) is 2.73. The van der Waals surface area contributed by atoms with Crippen LogP contribution in [-0.2, 0) is 9.59 Å². The summed E-state index contributed by atoms with van der Waals surface area (Å²) in [4.78, 5) is 28.4. The van der Waals surface area contributed by atoms with Crippen LogP contribution in [0.25, 0.3) is 0 Å². The lowest BCUT2D eigenvalue weighted by atomic mass is 9.96. The van der Waals surface area contributed by atoms with Gasteiger partial charge in [-0.15, -0.1) is 0 Å². The van der Waals surface area contributed by atoms with Gasteiger partial charge in [-0.05, 0) is 64.9 Å². The summed E-state index contributed by atoms with van der Waals surface area (Å²) in [6.07, 6.45) is 0. The maximum atomic E-state index is 13.7. The molecule has 23 heavy (non-hydrogen) atoms. The summed E-state index contributed by atoms with van der Waals surface area (Å²) in [5.41, 5.74) is 1.57. The molecule has 0 aliphatic carbocycles. The first kappa shape index (κ1) is 15.8. The average molecular weight is 422 g/mol. The molecule has 1 fully saturated rings. The molecular weight excluding hydrogens is 410 g/mol. The lowest BCUT2D eigenvalue weighted by Gasteiger charge is -2.08. The van der Waals surface area contributed by atoms with Crippen LogP contribution in [0.4, 0.5) is 10.1 Å². The van der Waals surface area contributed by atoms with Crippen LogP contribution in [0.3, 0.4) is 0 Å². The Bertz CT molecular complexity index is 831. The summed E-state index contributed by atoms with van der Waals surface area (Å²) in [5, 5.41) is 2.27. The third-order valence-electron chi connectivity index (χ3n) is 3.61. The fourth-order valence-electron chi connectivity index (χ4n) is 2.37. The largest absolute Gasteiger partial charge is 0.290 e. The highest BCUT2D eigenvalue weighted by Crippen LogP contribution is 2.26. The average Bonchev–Trinajstić information content (AvgIpc) is 2.78. The number of benzene rings is 2. The molecule has 1 saturated heterocycles. The predicted molar refractivity (Wildman–Crippen MR) is 93.3 cm³/mol. The normalized spacial score (nSPS) is 19.3. The highest BCUT2D eigenvalue weighted by atomic mass is 127. The van der Waals surface area contributed by atoms with Gasteiger partial charge in [0.25, 0.3) is 5.91 Å². The molecule has 1 aliphatic rings. The van der Waals surface area contributed by atoms with Crippen LogP contribution in [0, 0.1) is 16.3 Å². The third kappa shape index (κ3) is 3.17. The van der Waals surface area contributed by atoms with Crippen molar-refractivity contribution < 1.29 is 14.0 Å². The van der Waals surface area contributed by atoms with Crippen molar-refractivity contribution in [3.63, 3.8) is 0 Å². The summed E-state index contributed by atoms with van der Waals surface area (Å²) < 4.78 is 14.7. The zero-order valence-electron chi connectivity index (χ0n) is 12.1. The molecule has 116 valence electrons. The highest BCUT2D eigenvalue weighted by Gasteiger charge is 2.39. The van der Waals surface area contributed by atoms with Gasteiger partial charge in [0.05, 0.1) is 5.69 Å². The van der Waals surface area contributed by atoms with Crippen LogP contribution >= 0.6 is 22.6 Å². The van der Waals surface area contributed by atoms with E-state index in [1.54, 1.807) is 31.2 Å². The molecule has 2 aromatic carbocycles. The topological polar surface area (TPSA) is 58.5 Å². The number of halogens is 2. The monoisotopic (exact) mass is 422 g/mol. The number of rotatable bonds is 2. The molecular formula is C17H12FIN2O2. The van der Waals surface area contributed by atoms with Crippen molar-refractivity contribution in [3.8, 4) is 0 Å². The summed E-state index contributed by atoms with van der Waals surface area (Å²) in [6.45, 7) is 1.65. The minimum atomic E-state index is -0.774. The maximum absolute atomic E-state index is 13.7. The van der Waals surface area contributed by atoms with Crippen molar-refractivity contribution in [2.24, 2.45) is 4.99 Å². The first-order chi connectivity index (χ1) is 11.0. The van der Waals surface area contributed by atoms with E-state index in [1.807, 2.05) is 12.1 Å². The zero-order valence-corrected chi connectivity index (χ0v) is 14.3. The second-order valence-electron chi connectivity index (χ2n) is 5.23. The molecule has 0 saturated carbocycles. The predicted octanol–water partition coefficient (Wildman–Crippen LogP) is 3.25. The summed E-state index contributed by atoms with van der Waals surface area (Å²) in [7, 11) is 0. The molecule has 6 heteroatoms. The number of carbonyl (C=O) groups excluding carboxylic acids is 2. The van der Waals surface area contributed by atoms with E-state index in [9.17, 15) is 14.0 Å². The van der Waals surface area contributed by atoms with Gasteiger partial charge in [0.15, 0.2) is 0 Å². The van der Waals surface area contributed by atoms with Crippen molar-refractivity contribution in [2.75, 3.05) is 0 Å². The SMILES string of the molecule is Cc1ccc(N=C2C(=O)NC(=O)C2c2ccc(I)cc2)cc1F. The summed E-state index contributed by atoms with van der Waals surface area (Å²) in [5.74, 6) is -2.13. The molecule has 2 aromatic rings. The van der Waals surface area contributed by atoms with Crippen LogP contribution in [0.15, 0.2) is 47.5 Å². The first-order valence-corrected chi connectivity index (χ1v) is 7.99. The quantitative estimate of drug-likeness (QED) is 0.597. The molecule has 1 atom stereocenters. The summed E-state index contributed by atoms with van der Waals surface area (Å²) >= 11 is 2.16. The summed E-state index contributed by atoms with van der Waals surface area (Å²) in [6, 6.07) is 11.7. The maximum Gasteiger partial charge on any atom is 0.273 e. The Labute approximate surface area is 146 Å². The van der Waals surface area contributed by atoms with Gasteiger partial charge < -0.3 is 0 Å². The number of nitrogens with zero attached hydrogens (tertiary/aromatic N) is 1. The lowest BCUT2D eigenvalue weighted by molar-refractivity contribution is -0.124. The molecule has 1 N–H and O–H groups in total. The van der Waals surface area contributed by atoms with Gasteiger partial charge >= 0.3 is 0 Å². The molecule has 3 rings (SSSR count). The number of hydrogen-bond acceptors (Lipinski definition) is 3. The smallest absolute Gasteiger partial charge is 0.273 e. The van der Waals surface area contributed by atoms with Gasteiger partial charge in [-0.25, -0.2) is 9.38 Å². The number of carbonyl (C=O) groups is 2. The Morgan fingerprint density at radius 1 is 1.13 bits per heavy atom. The van der Waals surface area contributed by atoms with E-state index in [0.717, 1.165) is 3.57 Å². The number of aliphatic imine (C=N–C) groups is 1. The molecule has 0 aromatic heterocycles. The van der Waals surface area contributed by atoms with Crippen molar-refractivity contribution >= 4 is 45.8 Å². The Kier molecular flexibility index (Phi) is 4.25. The Balaban J connectivity index is 2.05. The van der Waals surface area contributed by atoms with E-state index >= 15 is 0 Å². The van der Waals surface area contributed by atoms with E-state index in [4.69, 9.17) is 0 Å². The van der Waals surface area contributed by atoms with E-state index in [2.05, 4.69) is 32.9 Å². The van der Waals surface area contributed by atoms with Gasteiger partial charge in [0.2, 0.25) is 5.91 Å². The second kappa shape index (κ2) is 6.19. The van der Waals surface area contributed by atoms with Crippen LogP contribution in [-0.4, -0.2) is 17.5 Å². The molecule has 1 unspecified atom stereocenters. The molecule has 2 amide bonds. The van der Waals surface area contributed by atoms with E-state index < -0.39 is 23.5 Å². The van der Waals surface area contributed by atoms with Crippen LogP contribution < -0.4 is 5.32 Å². The van der Waals surface area contributed by atoms with Gasteiger partial charge in [-0.3, -0.25) is 14.9 Å². The van der Waals surface area contributed by atoms with Gasteiger partial charge in [-0.2, -0.15) is 0 Å². The first-order valence-electron chi connectivity index (χ1n) is 6.91. The van der Waals surface area contributed by atoms with Gasteiger partial charge in [0.1, 0.15) is 17.4 Å². The number of imide groups is 1. The number of amides is 2. The molecule has 1 heterocycles. The highest BCUT2D eigenvalue weighted by molar-refractivity contribution is 14.1. The number of hydrogen-bond donors (Lipinski definition) is 1. The molecule has 0 radical (unpaired) electrons. The van der Waals surface area contributed by atoms with Gasteiger partial charge in [0, 0.05) is 3.57 Å². The molecule has 0 bridgehead atoms. The minimum Gasteiger partial charge on any atom is -0.290 e. The number of nitrogens with one attached hydrogen (secondary N) is 1. The fraction of sp³-hybridized carbons (Fsp3) is 0.118. The van der Waals surface area contributed by atoms with Crippen molar-refractivity contribution in [1.29, 1.82) is 0 Å². The van der Waals surface area contributed by atoms with Crippen LogP contribution in [0.5, 0.6) is 0 Å². The van der Waals surface area contributed by atoms with Crippen LogP contribution in [0.2, 0.25) is 0 Å². The van der Waals surface area contributed by atoms with Crippen molar-refractivity contribution in [2.45, 2.75) is 12.8 Å². The second-order valence-corrected chi connectivity index (χ2v) is 6.48. The Hall–Kier alpha value is -2.09. The Morgan fingerprint density at radius 2 is 1.83 bits per heavy atom. The minimum absolute atomic E-state index is 0.0828. The molecule has 1 aliphatic heterocycles. The zero-order chi connectivity index (χ0) is 16.6. The Morgan fingerprint density at radius 3 is 2.48 bits per heavy atom. The van der Waals surface area contributed by atoms with E-state index in [0.29, 0.717) is 16.8 Å². The lowest BCUT2D eigenvalue weighted by Crippen LogP contribution is -2.22.